The Morgan fingerprint density at radius 3 is 1.84 bits per heavy atom. The number of carbonyl (C=O) groups is 2. The monoisotopic (exact) mass is 268 g/mol. The van der Waals surface area contributed by atoms with Crippen LogP contribution in [-0.2, 0) is 0 Å². The number of hydrogen-bond acceptors (Lipinski definition) is 2. The van der Waals surface area contributed by atoms with E-state index in [1.54, 1.807) is 21.7 Å². The van der Waals surface area contributed by atoms with E-state index in [9.17, 15) is 9.59 Å². The van der Waals surface area contributed by atoms with Crippen molar-refractivity contribution < 1.29 is 9.59 Å². The van der Waals surface area contributed by atoms with Crippen molar-refractivity contribution in [3.63, 3.8) is 0 Å². The van der Waals surface area contributed by atoms with Crippen LogP contribution in [0.15, 0.2) is 0 Å². The molecule has 0 unspecified atom stereocenters. The van der Waals surface area contributed by atoms with Gasteiger partial charge >= 0.3 is 12.1 Å². The second-order valence-corrected chi connectivity index (χ2v) is 6.12. The highest BCUT2D eigenvalue weighted by Crippen LogP contribution is 2.37. The molecule has 0 aromatic carbocycles. The molecule has 2 aliphatic heterocycles. The number of rotatable bonds is 2. The number of hydrogen-bond donors (Lipinski definition) is 0. The summed E-state index contributed by atoms with van der Waals surface area (Å²) in [6, 6.07) is 0.0144. The highest BCUT2D eigenvalue weighted by molar-refractivity contribution is 5.85. The Hall–Kier alpha value is -1.46. The van der Waals surface area contributed by atoms with Crippen molar-refractivity contribution in [1.29, 1.82) is 0 Å². The summed E-state index contributed by atoms with van der Waals surface area (Å²) in [5, 5.41) is 0. The first kappa shape index (κ1) is 14.0. The SMILES string of the molecule is CCN1C(=O)N(CC)[C@@H]2[C@@H]1N(C)C(=O)N2C(C)(C)C. The van der Waals surface area contributed by atoms with Crippen LogP contribution in [0.3, 0.4) is 0 Å². The summed E-state index contributed by atoms with van der Waals surface area (Å²) in [6.07, 6.45) is -0.362. The number of urea groups is 2. The molecule has 2 saturated heterocycles. The number of nitrogens with zero attached hydrogens (tertiary/aromatic N) is 4. The van der Waals surface area contributed by atoms with Crippen molar-refractivity contribution in [3.05, 3.63) is 0 Å². The Balaban J connectivity index is 2.47. The van der Waals surface area contributed by atoms with Crippen molar-refractivity contribution in [2.45, 2.75) is 52.5 Å². The molecule has 0 saturated carbocycles. The molecule has 0 N–H and O–H groups in total. The van der Waals surface area contributed by atoms with Crippen LogP contribution in [0.4, 0.5) is 9.59 Å². The molecule has 6 nitrogen and oxygen atoms in total. The average Bonchev–Trinajstić information content (AvgIpc) is 2.71. The minimum Gasteiger partial charge on any atom is -0.303 e. The van der Waals surface area contributed by atoms with Crippen molar-refractivity contribution in [1.82, 2.24) is 19.6 Å². The van der Waals surface area contributed by atoms with E-state index in [0.29, 0.717) is 13.1 Å². The summed E-state index contributed by atoms with van der Waals surface area (Å²) in [5.74, 6) is 0. The van der Waals surface area contributed by atoms with Crippen LogP contribution in [0.5, 0.6) is 0 Å². The largest absolute Gasteiger partial charge is 0.323 e. The highest BCUT2D eigenvalue weighted by atomic mass is 16.2. The van der Waals surface area contributed by atoms with Crippen LogP contribution in [0, 0.1) is 0 Å². The van der Waals surface area contributed by atoms with E-state index in [0.717, 1.165) is 0 Å². The highest BCUT2D eigenvalue weighted by Gasteiger charge is 2.59. The third-order valence-electron chi connectivity index (χ3n) is 3.97. The maximum atomic E-state index is 12.5. The third-order valence-corrected chi connectivity index (χ3v) is 3.97. The van der Waals surface area contributed by atoms with Crippen LogP contribution < -0.4 is 0 Å². The lowest BCUT2D eigenvalue weighted by Crippen LogP contribution is -2.54. The predicted molar refractivity (Wildman–Crippen MR) is 72.5 cm³/mol. The van der Waals surface area contributed by atoms with E-state index in [-0.39, 0.29) is 29.9 Å². The molecular formula is C13H24N4O2. The number of likely N-dealkylation sites (N-methyl/N-ethyl adjacent to an activating group) is 3. The van der Waals surface area contributed by atoms with Crippen LogP contribution in [0.2, 0.25) is 0 Å². The van der Waals surface area contributed by atoms with E-state index < -0.39 is 0 Å². The Labute approximate surface area is 114 Å². The second-order valence-electron chi connectivity index (χ2n) is 6.12. The van der Waals surface area contributed by atoms with Gasteiger partial charge in [0.1, 0.15) is 12.3 Å². The van der Waals surface area contributed by atoms with E-state index in [1.165, 1.54) is 0 Å². The quantitative estimate of drug-likeness (QED) is 0.763. The molecule has 6 heteroatoms. The second kappa shape index (κ2) is 4.28. The van der Waals surface area contributed by atoms with Crippen LogP contribution in [0.1, 0.15) is 34.6 Å². The van der Waals surface area contributed by atoms with Gasteiger partial charge in [-0.3, -0.25) is 4.90 Å². The van der Waals surface area contributed by atoms with Crippen LogP contribution in [-0.4, -0.2) is 69.7 Å². The molecule has 0 aliphatic carbocycles. The maximum absolute atomic E-state index is 12.5. The van der Waals surface area contributed by atoms with Gasteiger partial charge in [-0.1, -0.05) is 0 Å². The smallest absolute Gasteiger partial charge is 0.303 e. The van der Waals surface area contributed by atoms with Gasteiger partial charge in [-0.05, 0) is 34.6 Å². The minimum absolute atomic E-state index is 0.00750. The molecule has 2 rings (SSSR count). The Morgan fingerprint density at radius 2 is 1.42 bits per heavy atom. The van der Waals surface area contributed by atoms with Crippen LogP contribution in [0.25, 0.3) is 0 Å². The summed E-state index contributed by atoms with van der Waals surface area (Å²) < 4.78 is 0. The van der Waals surface area contributed by atoms with Crippen molar-refractivity contribution in [2.75, 3.05) is 20.1 Å². The lowest BCUT2D eigenvalue weighted by molar-refractivity contribution is 0.0718. The molecule has 0 bridgehead atoms. The first-order valence-electron chi connectivity index (χ1n) is 6.89. The zero-order valence-electron chi connectivity index (χ0n) is 12.7. The van der Waals surface area contributed by atoms with E-state index in [4.69, 9.17) is 0 Å². The van der Waals surface area contributed by atoms with E-state index in [1.807, 2.05) is 39.5 Å². The normalized spacial score (nSPS) is 27.7. The Morgan fingerprint density at radius 1 is 0.947 bits per heavy atom. The van der Waals surface area contributed by atoms with Crippen LogP contribution >= 0.6 is 0 Å². The van der Waals surface area contributed by atoms with E-state index >= 15 is 0 Å². The lowest BCUT2D eigenvalue weighted by atomic mass is 10.1. The van der Waals surface area contributed by atoms with Gasteiger partial charge in [-0.25, -0.2) is 9.59 Å². The number of amides is 4. The molecule has 0 aromatic rings. The van der Waals surface area contributed by atoms with Gasteiger partial charge in [-0.2, -0.15) is 0 Å². The number of carbonyl (C=O) groups excluding carboxylic acids is 2. The molecule has 0 radical (unpaired) electrons. The number of fused-ring (bicyclic) bond motifs is 1. The standard InChI is InChI=1S/C13H24N4O2/c1-7-15-9-10(16(8-2)12(15)19)17(13(3,4)5)11(18)14(9)6/h9-10H,7-8H2,1-6H3/t9-,10+/m1/s1. The summed E-state index contributed by atoms with van der Waals surface area (Å²) in [4.78, 5) is 32.0. The molecule has 0 spiro atoms. The molecule has 108 valence electrons. The fraction of sp³-hybridized carbons (Fsp3) is 0.846. The predicted octanol–water partition coefficient (Wildman–Crippen LogP) is 1.58. The zero-order valence-corrected chi connectivity index (χ0v) is 12.7. The summed E-state index contributed by atoms with van der Waals surface area (Å²) in [5.41, 5.74) is -0.303. The molecule has 19 heavy (non-hydrogen) atoms. The Bertz CT molecular complexity index is 404. The van der Waals surface area contributed by atoms with Gasteiger partial charge in [0.2, 0.25) is 0 Å². The van der Waals surface area contributed by atoms with Gasteiger partial charge in [0.05, 0.1) is 0 Å². The van der Waals surface area contributed by atoms with Gasteiger partial charge in [0.15, 0.2) is 0 Å². The molecule has 4 amide bonds. The third kappa shape index (κ3) is 1.76. The van der Waals surface area contributed by atoms with Crippen molar-refractivity contribution >= 4 is 12.1 Å². The average molecular weight is 268 g/mol. The molecule has 2 heterocycles. The molecule has 2 aliphatic rings. The van der Waals surface area contributed by atoms with Crippen molar-refractivity contribution in [2.24, 2.45) is 0 Å². The lowest BCUT2D eigenvalue weighted by Gasteiger charge is -2.38. The van der Waals surface area contributed by atoms with Gasteiger partial charge in [0, 0.05) is 25.7 Å². The molecular weight excluding hydrogens is 244 g/mol. The summed E-state index contributed by atoms with van der Waals surface area (Å²) in [6.45, 7) is 11.2. The molecule has 2 fully saturated rings. The zero-order chi connectivity index (χ0) is 14.5. The minimum atomic E-state index is -0.303. The molecule has 2 atom stereocenters. The van der Waals surface area contributed by atoms with Crippen molar-refractivity contribution in [3.8, 4) is 0 Å². The topological polar surface area (TPSA) is 47.1 Å². The summed E-state index contributed by atoms with van der Waals surface area (Å²) >= 11 is 0. The molecule has 0 aromatic heterocycles. The fourth-order valence-electron chi connectivity index (χ4n) is 3.12. The maximum Gasteiger partial charge on any atom is 0.323 e. The fourth-order valence-corrected chi connectivity index (χ4v) is 3.12. The summed E-state index contributed by atoms with van der Waals surface area (Å²) in [7, 11) is 1.78. The van der Waals surface area contributed by atoms with Gasteiger partial charge in [-0.15, -0.1) is 0 Å². The van der Waals surface area contributed by atoms with Gasteiger partial charge < -0.3 is 14.7 Å². The Kier molecular flexibility index (Phi) is 3.15. The first-order valence-corrected chi connectivity index (χ1v) is 6.89. The van der Waals surface area contributed by atoms with Gasteiger partial charge in [0.25, 0.3) is 0 Å². The first-order chi connectivity index (χ1) is 8.75. The van der Waals surface area contributed by atoms with E-state index in [2.05, 4.69) is 0 Å².